The van der Waals surface area contributed by atoms with Crippen molar-refractivity contribution in [2.45, 2.75) is 37.1 Å². The minimum atomic E-state index is -0.267. The second-order valence-electron chi connectivity index (χ2n) is 7.68. The predicted octanol–water partition coefficient (Wildman–Crippen LogP) is 3.37. The Kier molecular flexibility index (Phi) is 3.71. The van der Waals surface area contributed by atoms with Crippen LogP contribution >= 0.6 is 0 Å². The molecule has 2 N–H and O–H groups in total. The number of benzene rings is 1. The van der Waals surface area contributed by atoms with Crippen LogP contribution in [0.15, 0.2) is 36.7 Å². The number of aromatic nitrogens is 4. The van der Waals surface area contributed by atoms with Gasteiger partial charge in [-0.05, 0) is 43.9 Å². The lowest BCUT2D eigenvalue weighted by Gasteiger charge is -2.12. The molecule has 0 unspecified atom stereocenters. The Hall–Kier alpha value is -3.24. The number of ether oxygens (including phenoxy) is 1. The van der Waals surface area contributed by atoms with Gasteiger partial charge < -0.3 is 10.5 Å². The maximum atomic E-state index is 9.29. The Morgan fingerprint density at radius 2 is 1.96 bits per heavy atom. The molecular weight excluding hydrogens is 352 g/mol. The van der Waals surface area contributed by atoms with Crippen molar-refractivity contribution in [2.75, 3.05) is 0 Å². The minimum Gasteiger partial charge on any atom is -0.438 e. The standard InChI is InChI=1S/C21H20N6O/c1-27-19(9-17(26-27)14-3-4-14)28-18-8-13(10-22)2-5-16(18)20-24-11-15(12-25-20)21(23)6-7-21/h2,5,8-9,11-12,14H,3-4,6-7,23H2,1H3. The fourth-order valence-electron chi connectivity index (χ4n) is 3.27. The summed E-state index contributed by atoms with van der Waals surface area (Å²) in [5.74, 6) is 2.24. The van der Waals surface area contributed by atoms with E-state index in [4.69, 9.17) is 10.5 Å². The van der Waals surface area contributed by atoms with Crippen LogP contribution in [0, 0.1) is 11.3 Å². The molecule has 0 spiro atoms. The molecule has 2 aromatic heterocycles. The average molecular weight is 372 g/mol. The molecule has 7 heteroatoms. The Morgan fingerprint density at radius 1 is 1.21 bits per heavy atom. The van der Waals surface area contributed by atoms with E-state index in [1.807, 2.05) is 19.2 Å². The highest BCUT2D eigenvalue weighted by molar-refractivity contribution is 5.66. The van der Waals surface area contributed by atoms with Gasteiger partial charge >= 0.3 is 0 Å². The van der Waals surface area contributed by atoms with Gasteiger partial charge in [0.1, 0.15) is 5.75 Å². The molecule has 2 aliphatic rings. The smallest absolute Gasteiger partial charge is 0.217 e. The molecule has 2 fully saturated rings. The van der Waals surface area contributed by atoms with Crippen LogP contribution < -0.4 is 10.5 Å². The number of nitrogens with two attached hydrogens (primary N) is 1. The first kappa shape index (κ1) is 16.9. The number of nitriles is 1. The third-order valence-corrected chi connectivity index (χ3v) is 5.43. The lowest BCUT2D eigenvalue weighted by molar-refractivity contribution is 0.431. The van der Waals surface area contributed by atoms with Crippen LogP contribution in [0.3, 0.4) is 0 Å². The van der Waals surface area contributed by atoms with Crippen LogP contribution in [0.5, 0.6) is 11.6 Å². The van der Waals surface area contributed by atoms with E-state index in [0.717, 1.165) is 29.7 Å². The summed E-state index contributed by atoms with van der Waals surface area (Å²) in [5.41, 5.74) is 9.20. The molecule has 5 rings (SSSR count). The van der Waals surface area contributed by atoms with Crippen molar-refractivity contribution in [2.24, 2.45) is 12.8 Å². The summed E-state index contributed by atoms with van der Waals surface area (Å²) >= 11 is 0. The Labute approximate surface area is 162 Å². The zero-order valence-corrected chi connectivity index (χ0v) is 15.6. The molecule has 2 heterocycles. The SMILES string of the molecule is Cn1nc(C2CC2)cc1Oc1cc(C#N)ccc1-c1ncc(C2(N)CC2)cn1. The lowest BCUT2D eigenvalue weighted by atomic mass is 10.1. The van der Waals surface area contributed by atoms with Crippen LogP contribution in [0.1, 0.15) is 48.4 Å². The number of nitrogens with zero attached hydrogens (tertiary/aromatic N) is 5. The van der Waals surface area contributed by atoms with Gasteiger partial charge in [-0.3, -0.25) is 0 Å². The normalized spacial score (nSPS) is 17.2. The molecule has 1 aromatic carbocycles. The Balaban J connectivity index is 1.51. The molecule has 7 nitrogen and oxygen atoms in total. The van der Waals surface area contributed by atoms with Crippen LogP contribution in [0.4, 0.5) is 0 Å². The van der Waals surface area contributed by atoms with Gasteiger partial charge in [0.25, 0.3) is 0 Å². The number of hydrogen-bond acceptors (Lipinski definition) is 6. The third kappa shape index (κ3) is 3.02. The summed E-state index contributed by atoms with van der Waals surface area (Å²) in [6, 6.07) is 9.39. The molecule has 0 bridgehead atoms. The van der Waals surface area contributed by atoms with Crippen LogP contribution in [0.2, 0.25) is 0 Å². The highest BCUT2D eigenvalue weighted by Gasteiger charge is 2.40. The van der Waals surface area contributed by atoms with E-state index < -0.39 is 0 Å². The minimum absolute atomic E-state index is 0.267. The quantitative estimate of drug-likeness (QED) is 0.736. The first-order valence-electron chi connectivity index (χ1n) is 9.43. The summed E-state index contributed by atoms with van der Waals surface area (Å²) in [7, 11) is 1.86. The Morgan fingerprint density at radius 3 is 2.61 bits per heavy atom. The highest BCUT2D eigenvalue weighted by Crippen LogP contribution is 2.43. The van der Waals surface area contributed by atoms with Crippen molar-refractivity contribution >= 4 is 0 Å². The zero-order valence-electron chi connectivity index (χ0n) is 15.6. The zero-order chi connectivity index (χ0) is 19.3. The first-order chi connectivity index (χ1) is 13.6. The lowest BCUT2D eigenvalue weighted by Crippen LogP contribution is -2.19. The second-order valence-corrected chi connectivity index (χ2v) is 7.68. The van der Waals surface area contributed by atoms with Crippen molar-refractivity contribution in [1.82, 2.24) is 19.7 Å². The molecule has 0 saturated heterocycles. The molecule has 28 heavy (non-hydrogen) atoms. The number of rotatable bonds is 5. The first-order valence-corrected chi connectivity index (χ1v) is 9.43. The number of aryl methyl sites for hydroxylation is 1. The summed E-state index contributed by atoms with van der Waals surface area (Å²) < 4.78 is 7.88. The van der Waals surface area contributed by atoms with E-state index in [9.17, 15) is 5.26 Å². The van der Waals surface area contributed by atoms with Crippen molar-refractivity contribution in [3.05, 3.63) is 53.5 Å². The molecule has 0 amide bonds. The van der Waals surface area contributed by atoms with Crippen LogP contribution in [-0.2, 0) is 12.6 Å². The Bertz CT molecular complexity index is 1090. The van der Waals surface area contributed by atoms with Crippen molar-refractivity contribution in [3.63, 3.8) is 0 Å². The van der Waals surface area contributed by atoms with Crippen LogP contribution in [-0.4, -0.2) is 19.7 Å². The van der Waals surface area contributed by atoms with Gasteiger partial charge in [-0.25, -0.2) is 14.6 Å². The summed E-state index contributed by atoms with van der Waals surface area (Å²) in [4.78, 5) is 9.01. The average Bonchev–Trinajstić information content (AvgIpc) is 3.64. The predicted molar refractivity (Wildman–Crippen MR) is 103 cm³/mol. The largest absolute Gasteiger partial charge is 0.438 e. The molecule has 2 aliphatic carbocycles. The van der Waals surface area contributed by atoms with Crippen molar-refractivity contribution in [1.29, 1.82) is 5.26 Å². The molecule has 140 valence electrons. The van der Waals surface area contributed by atoms with E-state index in [1.54, 1.807) is 29.2 Å². The molecule has 0 radical (unpaired) electrons. The van der Waals surface area contributed by atoms with Crippen LogP contribution in [0.25, 0.3) is 11.4 Å². The fraction of sp³-hybridized carbons (Fsp3) is 0.333. The van der Waals surface area contributed by atoms with Gasteiger partial charge in [0.05, 0.1) is 22.9 Å². The van der Waals surface area contributed by atoms with Crippen molar-refractivity contribution in [3.8, 4) is 29.1 Å². The maximum Gasteiger partial charge on any atom is 0.217 e. The number of hydrogen-bond donors (Lipinski definition) is 1. The van der Waals surface area contributed by atoms with Gasteiger partial charge in [-0.1, -0.05) is 0 Å². The van der Waals surface area contributed by atoms with Gasteiger partial charge in [0.2, 0.25) is 5.88 Å². The van der Waals surface area contributed by atoms with E-state index in [1.165, 1.54) is 12.8 Å². The van der Waals surface area contributed by atoms with Gasteiger partial charge in [-0.15, -0.1) is 0 Å². The maximum absolute atomic E-state index is 9.29. The van der Waals surface area contributed by atoms with Crippen molar-refractivity contribution < 1.29 is 4.74 Å². The molecule has 0 aliphatic heterocycles. The van der Waals surface area contributed by atoms with E-state index >= 15 is 0 Å². The molecule has 3 aromatic rings. The second kappa shape index (κ2) is 6.14. The highest BCUT2D eigenvalue weighted by atomic mass is 16.5. The molecule has 0 atom stereocenters. The topological polar surface area (TPSA) is 103 Å². The fourth-order valence-corrected chi connectivity index (χ4v) is 3.27. The van der Waals surface area contributed by atoms with Gasteiger partial charge in [-0.2, -0.15) is 10.4 Å². The summed E-state index contributed by atoms with van der Waals surface area (Å²) in [5, 5.41) is 13.8. The summed E-state index contributed by atoms with van der Waals surface area (Å²) in [6.07, 6.45) is 7.84. The monoisotopic (exact) mass is 372 g/mol. The molecular formula is C21H20N6O. The van der Waals surface area contributed by atoms with E-state index in [2.05, 4.69) is 21.1 Å². The van der Waals surface area contributed by atoms with Gasteiger partial charge in [0.15, 0.2) is 5.82 Å². The van der Waals surface area contributed by atoms with E-state index in [0.29, 0.717) is 28.9 Å². The van der Waals surface area contributed by atoms with E-state index in [-0.39, 0.29) is 5.54 Å². The third-order valence-electron chi connectivity index (χ3n) is 5.43. The molecule has 2 saturated carbocycles. The summed E-state index contributed by atoms with van der Waals surface area (Å²) in [6.45, 7) is 0. The van der Waals surface area contributed by atoms with Gasteiger partial charge in [0, 0.05) is 42.5 Å².